The number of carbonyl (C=O) groups is 1. The molecule has 1 aromatic carbocycles. The molecule has 82 valence electrons. The number of benzene rings is 1. The van der Waals surface area contributed by atoms with E-state index in [-0.39, 0.29) is 17.5 Å². The van der Waals surface area contributed by atoms with Crippen molar-refractivity contribution in [1.82, 2.24) is 0 Å². The van der Waals surface area contributed by atoms with E-state index in [1.165, 1.54) is 0 Å². The molecule has 1 unspecified atom stereocenters. The van der Waals surface area contributed by atoms with E-state index < -0.39 is 10.8 Å². The van der Waals surface area contributed by atoms with Crippen molar-refractivity contribution in [3.05, 3.63) is 29.8 Å². The lowest BCUT2D eigenvalue weighted by Crippen LogP contribution is -2.16. The summed E-state index contributed by atoms with van der Waals surface area (Å²) in [5.74, 6) is 0.136. The SMILES string of the molecule is Cc1ccccc1S(=O)CC(=O)C(C)C. The molecule has 0 radical (unpaired) electrons. The number of rotatable bonds is 4. The summed E-state index contributed by atoms with van der Waals surface area (Å²) in [6.45, 7) is 5.57. The van der Waals surface area contributed by atoms with E-state index in [0.717, 1.165) is 10.5 Å². The van der Waals surface area contributed by atoms with Gasteiger partial charge in [-0.05, 0) is 18.6 Å². The van der Waals surface area contributed by atoms with E-state index in [9.17, 15) is 9.00 Å². The molecule has 15 heavy (non-hydrogen) atoms. The summed E-state index contributed by atoms with van der Waals surface area (Å²) in [6, 6.07) is 7.48. The highest BCUT2D eigenvalue weighted by Crippen LogP contribution is 2.13. The number of ketones is 1. The molecule has 3 heteroatoms. The minimum Gasteiger partial charge on any atom is -0.298 e. The van der Waals surface area contributed by atoms with Crippen LogP contribution in [0.2, 0.25) is 0 Å². The lowest BCUT2D eigenvalue weighted by atomic mass is 10.1. The molecule has 1 atom stereocenters. The molecule has 0 aliphatic heterocycles. The van der Waals surface area contributed by atoms with Gasteiger partial charge in [0.25, 0.3) is 0 Å². The summed E-state index contributed by atoms with van der Waals surface area (Å²) in [5, 5.41) is 0. The zero-order valence-electron chi connectivity index (χ0n) is 9.32. The van der Waals surface area contributed by atoms with Crippen molar-refractivity contribution in [2.24, 2.45) is 5.92 Å². The van der Waals surface area contributed by atoms with E-state index in [0.29, 0.717) is 0 Å². The van der Waals surface area contributed by atoms with Crippen molar-refractivity contribution in [3.8, 4) is 0 Å². The molecule has 0 saturated heterocycles. The van der Waals surface area contributed by atoms with Crippen molar-refractivity contribution < 1.29 is 9.00 Å². The first-order valence-electron chi connectivity index (χ1n) is 4.99. The van der Waals surface area contributed by atoms with Crippen molar-refractivity contribution in [1.29, 1.82) is 0 Å². The van der Waals surface area contributed by atoms with E-state index in [1.54, 1.807) is 0 Å². The van der Waals surface area contributed by atoms with Crippen LogP contribution in [0.15, 0.2) is 29.2 Å². The summed E-state index contributed by atoms with van der Waals surface area (Å²) in [4.78, 5) is 12.2. The summed E-state index contributed by atoms with van der Waals surface area (Å²) < 4.78 is 11.9. The monoisotopic (exact) mass is 224 g/mol. The van der Waals surface area contributed by atoms with Gasteiger partial charge in [-0.15, -0.1) is 0 Å². The molecule has 1 rings (SSSR count). The molecule has 0 aliphatic rings. The van der Waals surface area contributed by atoms with Crippen molar-refractivity contribution in [2.45, 2.75) is 25.7 Å². The van der Waals surface area contributed by atoms with Gasteiger partial charge in [-0.3, -0.25) is 9.00 Å². The van der Waals surface area contributed by atoms with Crippen LogP contribution < -0.4 is 0 Å². The zero-order chi connectivity index (χ0) is 11.4. The third-order valence-corrected chi connectivity index (χ3v) is 3.75. The maximum absolute atomic E-state index is 11.9. The molecular formula is C12H16O2S. The Morgan fingerprint density at radius 2 is 1.93 bits per heavy atom. The molecule has 0 heterocycles. The predicted octanol–water partition coefficient (Wildman–Crippen LogP) is 2.33. The second kappa shape index (κ2) is 5.21. The van der Waals surface area contributed by atoms with Gasteiger partial charge in [0, 0.05) is 10.8 Å². The standard InChI is InChI=1S/C12H16O2S/c1-9(2)11(13)8-15(14)12-7-5-4-6-10(12)3/h4-7,9H,8H2,1-3H3. The van der Waals surface area contributed by atoms with Crippen LogP contribution in [0.1, 0.15) is 19.4 Å². The lowest BCUT2D eigenvalue weighted by molar-refractivity contribution is -0.119. The minimum absolute atomic E-state index is 0.0435. The van der Waals surface area contributed by atoms with E-state index in [2.05, 4.69) is 0 Å². The average molecular weight is 224 g/mol. The average Bonchev–Trinajstić information content (AvgIpc) is 2.18. The molecule has 1 aromatic rings. The molecule has 2 nitrogen and oxygen atoms in total. The van der Waals surface area contributed by atoms with Gasteiger partial charge in [-0.2, -0.15) is 0 Å². The van der Waals surface area contributed by atoms with Crippen LogP contribution >= 0.6 is 0 Å². The van der Waals surface area contributed by atoms with Crippen LogP contribution in [0.3, 0.4) is 0 Å². The summed E-state index contributed by atoms with van der Waals surface area (Å²) in [6.07, 6.45) is 0. The second-order valence-corrected chi connectivity index (χ2v) is 5.30. The third kappa shape index (κ3) is 3.27. The summed E-state index contributed by atoms with van der Waals surface area (Å²) in [5.41, 5.74) is 0.979. The molecular weight excluding hydrogens is 208 g/mol. The Morgan fingerprint density at radius 1 is 1.33 bits per heavy atom. The van der Waals surface area contributed by atoms with Crippen LogP contribution in [0.4, 0.5) is 0 Å². The number of Topliss-reactive ketones (excluding diaryl/α,β-unsaturated/α-hetero) is 1. The Balaban J connectivity index is 2.79. The quantitative estimate of drug-likeness (QED) is 0.786. The molecule has 0 N–H and O–H groups in total. The Labute approximate surface area is 93.2 Å². The first-order valence-corrected chi connectivity index (χ1v) is 6.31. The van der Waals surface area contributed by atoms with Gasteiger partial charge in [0.1, 0.15) is 5.78 Å². The number of carbonyl (C=O) groups excluding carboxylic acids is 1. The molecule has 0 saturated carbocycles. The predicted molar refractivity (Wildman–Crippen MR) is 62.3 cm³/mol. The zero-order valence-corrected chi connectivity index (χ0v) is 10.1. The topological polar surface area (TPSA) is 34.1 Å². The van der Waals surface area contributed by atoms with Gasteiger partial charge in [0.05, 0.1) is 16.6 Å². The Morgan fingerprint density at radius 3 is 2.47 bits per heavy atom. The fraction of sp³-hybridized carbons (Fsp3) is 0.417. The van der Waals surface area contributed by atoms with E-state index >= 15 is 0 Å². The fourth-order valence-corrected chi connectivity index (χ4v) is 2.59. The molecule has 0 aromatic heterocycles. The van der Waals surface area contributed by atoms with Crippen LogP contribution in [0.5, 0.6) is 0 Å². The highest BCUT2D eigenvalue weighted by atomic mass is 32.2. The molecule has 0 aliphatic carbocycles. The molecule has 0 amide bonds. The minimum atomic E-state index is -1.20. The normalized spacial score (nSPS) is 12.8. The fourth-order valence-electron chi connectivity index (χ4n) is 1.19. The lowest BCUT2D eigenvalue weighted by Gasteiger charge is -2.06. The molecule has 0 fully saturated rings. The first-order chi connectivity index (χ1) is 7.02. The van der Waals surface area contributed by atoms with Crippen molar-refractivity contribution >= 4 is 16.6 Å². The van der Waals surface area contributed by atoms with Gasteiger partial charge in [0.2, 0.25) is 0 Å². The maximum atomic E-state index is 11.9. The van der Waals surface area contributed by atoms with Crippen molar-refractivity contribution in [3.63, 3.8) is 0 Å². The van der Waals surface area contributed by atoms with E-state index in [4.69, 9.17) is 0 Å². The Bertz CT molecular complexity index is 383. The van der Waals surface area contributed by atoms with Crippen LogP contribution in [-0.4, -0.2) is 15.7 Å². The molecule has 0 spiro atoms. The maximum Gasteiger partial charge on any atom is 0.148 e. The number of hydrogen-bond acceptors (Lipinski definition) is 2. The molecule has 0 bridgehead atoms. The van der Waals surface area contributed by atoms with Gasteiger partial charge >= 0.3 is 0 Å². The largest absolute Gasteiger partial charge is 0.298 e. The van der Waals surface area contributed by atoms with Gasteiger partial charge in [-0.25, -0.2) is 0 Å². The van der Waals surface area contributed by atoms with Crippen molar-refractivity contribution in [2.75, 3.05) is 5.75 Å². The Kier molecular flexibility index (Phi) is 4.21. The van der Waals surface area contributed by atoms with Crippen LogP contribution in [-0.2, 0) is 15.6 Å². The van der Waals surface area contributed by atoms with Crippen LogP contribution in [0.25, 0.3) is 0 Å². The van der Waals surface area contributed by atoms with Gasteiger partial charge in [-0.1, -0.05) is 32.0 Å². The van der Waals surface area contributed by atoms with Gasteiger partial charge in [0.15, 0.2) is 0 Å². The highest BCUT2D eigenvalue weighted by molar-refractivity contribution is 7.85. The number of aryl methyl sites for hydroxylation is 1. The van der Waals surface area contributed by atoms with Crippen LogP contribution in [0, 0.1) is 12.8 Å². The van der Waals surface area contributed by atoms with Gasteiger partial charge < -0.3 is 0 Å². The second-order valence-electron chi connectivity index (χ2n) is 3.88. The van der Waals surface area contributed by atoms with E-state index in [1.807, 2.05) is 45.0 Å². The smallest absolute Gasteiger partial charge is 0.148 e. The number of hydrogen-bond donors (Lipinski definition) is 0. The third-order valence-electron chi connectivity index (χ3n) is 2.26. The summed E-state index contributed by atoms with van der Waals surface area (Å²) >= 11 is 0. The summed E-state index contributed by atoms with van der Waals surface area (Å²) in [7, 11) is -1.20. The Hall–Kier alpha value is -0.960. The highest BCUT2D eigenvalue weighted by Gasteiger charge is 2.14. The first kappa shape index (κ1) is 12.1.